The van der Waals surface area contributed by atoms with Gasteiger partial charge >= 0.3 is 0 Å². The lowest BCUT2D eigenvalue weighted by Gasteiger charge is -2.33. The van der Waals surface area contributed by atoms with Crippen molar-refractivity contribution in [1.29, 1.82) is 0 Å². The van der Waals surface area contributed by atoms with Gasteiger partial charge in [-0.25, -0.2) is 13.1 Å². The van der Waals surface area contributed by atoms with E-state index in [4.69, 9.17) is 0 Å². The molecule has 2 bridgehead atoms. The fraction of sp³-hybridized carbons (Fsp3) is 0.615. The highest BCUT2D eigenvalue weighted by molar-refractivity contribution is 7.88. The Balaban J connectivity index is 1.79. The minimum atomic E-state index is -3.23. The number of carbonyl (C=O) groups excluding carboxylic acids is 1. The van der Waals surface area contributed by atoms with E-state index in [0.29, 0.717) is 5.92 Å². The van der Waals surface area contributed by atoms with Crippen LogP contribution >= 0.6 is 11.3 Å². The number of thiophene rings is 1. The highest BCUT2D eigenvalue weighted by atomic mass is 32.2. The number of aryl methyl sites for hydroxylation is 1. The van der Waals surface area contributed by atoms with E-state index in [1.807, 2.05) is 23.3 Å². The smallest absolute Gasteiger partial charge is 0.264 e. The van der Waals surface area contributed by atoms with E-state index in [2.05, 4.69) is 4.72 Å². The number of amides is 1. The topological polar surface area (TPSA) is 66.5 Å². The molecule has 0 unspecified atom stereocenters. The maximum atomic E-state index is 12.6. The van der Waals surface area contributed by atoms with Gasteiger partial charge in [0.05, 0.1) is 11.1 Å². The molecule has 2 aliphatic rings. The van der Waals surface area contributed by atoms with Crippen LogP contribution < -0.4 is 4.72 Å². The Morgan fingerprint density at radius 2 is 2.20 bits per heavy atom. The number of rotatable bonds is 3. The van der Waals surface area contributed by atoms with Gasteiger partial charge in [-0.05, 0) is 42.7 Å². The Kier molecular flexibility index (Phi) is 3.38. The Morgan fingerprint density at radius 1 is 1.45 bits per heavy atom. The second-order valence-electron chi connectivity index (χ2n) is 5.79. The van der Waals surface area contributed by atoms with Gasteiger partial charge < -0.3 is 4.90 Å². The summed E-state index contributed by atoms with van der Waals surface area (Å²) >= 11 is 1.46. The highest BCUT2D eigenvalue weighted by Gasteiger charge is 2.48. The van der Waals surface area contributed by atoms with Crippen molar-refractivity contribution in [2.24, 2.45) is 5.92 Å². The zero-order chi connectivity index (χ0) is 14.5. The number of hydrogen-bond donors (Lipinski definition) is 1. The lowest BCUT2D eigenvalue weighted by molar-refractivity contribution is 0.0682. The summed E-state index contributed by atoms with van der Waals surface area (Å²) in [6.45, 7) is 2.69. The van der Waals surface area contributed by atoms with Crippen LogP contribution in [0.3, 0.4) is 0 Å². The maximum absolute atomic E-state index is 12.6. The van der Waals surface area contributed by atoms with Gasteiger partial charge in [-0.3, -0.25) is 4.79 Å². The summed E-state index contributed by atoms with van der Waals surface area (Å²) in [5, 5.41) is 1.92. The summed E-state index contributed by atoms with van der Waals surface area (Å²) in [5.74, 6) is 0.466. The number of nitrogens with zero attached hydrogens (tertiary/aromatic N) is 1. The van der Waals surface area contributed by atoms with Gasteiger partial charge in [0.25, 0.3) is 5.91 Å². The molecule has 1 aromatic rings. The first-order valence-electron chi connectivity index (χ1n) is 6.67. The first-order chi connectivity index (χ1) is 9.35. The fourth-order valence-corrected chi connectivity index (χ4v) is 5.07. The van der Waals surface area contributed by atoms with E-state index in [1.54, 1.807) is 0 Å². The van der Waals surface area contributed by atoms with Crippen LogP contribution in [-0.4, -0.2) is 44.1 Å². The number of likely N-dealkylation sites (tertiary alicyclic amines) is 1. The van der Waals surface area contributed by atoms with Gasteiger partial charge in [-0.15, -0.1) is 11.3 Å². The largest absolute Gasteiger partial charge is 0.333 e. The van der Waals surface area contributed by atoms with Crippen molar-refractivity contribution in [2.45, 2.75) is 31.8 Å². The molecule has 1 aliphatic heterocycles. The van der Waals surface area contributed by atoms with Crippen molar-refractivity contribution >= 4 is 27.3 Å². The molecule has 2 fully saturated rings. The lowest BCUT2D eigenvalue weighted by atomic mass is 10.1. The molecule has 0 radical (unpaired) electrons. The third-order valence-electron chi connectivity index (χ3n) is 4.16. The van der Waals surface area contributed by atoms with Gasteiger partial charge in [-0.2, -0.15) is 0 Å². The van der Waals surface area contributed by atoms with E-state index in [1.165, 1.54) is 17.6 Å². The summed E-state index contributed by atoms with van der Waals surface area (Å²) in [6, 6.07) is 1.81. The molecule has 110 valence electrons. The Morgan fingerprint density at radius 3 is 2.75 bits per heavy atom. The van der Waals surface area contributed by atoms with Crippen molar-refractivity contribution in [3.63, 3.8) is 0 Å². The quantitative estimate of drug-likeness (QED) is 0.912. The van der Waals surface area contributed by atoms with E-state index >= 15 is 0 Å². The number of fused-ring (bicyclic) bond motifs is 2. The maximum Gasteiger partial charge on any atom is 0.264 e. The molecule has 0 aromatic carbocycles. The molecule has 5 nitrogen and oxygen atoms in total. The van der Waals surface area contributed by atoms with Gasteiger partial charge in [-0.1, -0.05) is 0 Å². The van der Waals surface area contributed by atoms with Crippen molar-refractivity contribution < 1.29 is 13.2 Å². The first kappa shape index (κ1) is 14.0. The molecule has 7 heteroatoms. The standard InChI is InChI=1S/C13H18N2O3S2/c1-8-3-4-19-12(8)13(16)15-7-9-5-10(11(15)6-9)14-20(2,17)18/h3-4,9-11,14H,5-7H2,1-2H3/t9-,10+,11-/m1/s1. The molecular formula is C13H18N2O3S2. The van der Waals surface area contributed by atoms with Crippen LogP contribution in [0, 0.1) is 12.8 Å². The Bertz CT molecular complexity index is 638. The monoisotopic (exact) mass is 314 g/mol. The summed E-state index contributed by atoms with van der Waals surface area (Å²) < 4.78 is 25.5. The van der Waals surface area contributed by atoms with Crippen LogP contribution in [0.25, 0.3) is 0 Å². The second kappa shape index (κ2) is 4.82. The molecule has 1 saturated heterocycles. The van der Waals surface area contributed by atoms with Crippen LogP contribution in [0.1, 0.15) is 28.1 Å². The summed E-state index contributed by atoms with van der Waals surface area (Å²) in [4.78, 5) is 15.2. The number of carbonyl (C=O) groups is 1. The molecule has 1 aliphatic carbocycles. The molecule has 3 atom stereocenters. The second-order valence-corrected chi connectivity index (χ2v) is 8.49. The van der Waals surface area contributed by atoms with Crippen molar-refractivity contribution in [3.05, 3.63) is 21.9 Å². The number of nitrogens with one attached hydrogen (secondary N) is 1. The molecule has 1 N–H and O–H groups in total. The van der Waals surface area contributed by atoms with E-state index in [0.717, 1.165) is 29.8 Å². The van der Waals surface area contributed by atoms with E-state index < -0.39 is 10.0 Å². The number of piperidine rings is 1. The number of hydrogen-bond acceptors (Lipinski definition) is 4. The van der Waals surface area contributed by atoms with Crippen LogP contribution in [0.5, 0.6) is 0 Å². The van der Waals surface area contributed by atoms with Crippen LogP contribution in [0.15, 0.2) is 11.4 Å². The minimum absolute atomic E-state index is 0.00345. The van der Waals surface area contributed by atoms with Gasteiger partial charge in [0.1, 0.15) is 0 Å². The molecule has 20 heavy (non-hydrogen) atoms. The van der Waals surface area contributed by atoms with Crippen LogP contribution in [0.2, 0.25) is 0 Å². The first-order valence-corrected chi connectivity index (χ1v) is 9.44. The molecule has 1 aromatic heterocycles. The van der Waals surface area contributed by atoms with E-state index in [9.17, 15) is 13.2 Å². The molecule has 2 heterocycles. The third-order valence-corrected chi connectivity index (χ3v) is 5.90. The van der Waals surface area contributed by atoms with Crippen molar-refractivity contribution in [1.82, 2.24) is 9.62 Å². The SMILES string of the molecule is Cc1ccsc1C(=O)N1C[C@@H]2C[C@H](NS(C)(=O)=O)[C@H]1C2. The van der Waals surface area contributed by atoms with Gasteiger partial charge in [0.2, 0.25) is 10.0 Å². The van der Waals surface area contributed by atoms with Crippen molar-refractivity contribution in [3.8, 4) is 0 Å². The zero-order valence-corrected chi connectivity index (χ0v) is 13.1. The summed E-state index contributed by atoms with van der Waals surface area (Å²) in [5.41, 5.74) is 0.996. The predicted octanol–water partition coefficient (Wildman–Crippen LogP) is 1.21. The molecule has 1 saturated carbocycles. The van der Waals surface area contributed by atoms with Gasteiger partial charge in [0, 0.05) is 18.6 Å². The molecule has 0 spiro atoms. The van der Waals surface area contributed by atoms with E-state index in [-0.39, 0.29) is 18.0 Å². The normalized spacial score (nSPS) is 29.1. The summed E-state index contributed by atoms with van der Waals surface area (Å²) in [7, 11) is -3.23. The summed E-state index contributed by atoms with van der Waals surface area (Å²) in [6.07, 6.45) is 2.92. The average molecular weight is 314 g/mol. The minimum Gasteiger partial charge on any atom is -0.333 e. The molecular weight excluding hydrogens is 296 g/mol. The Labute approximate surface area is 123 Å². The zero-order valence-electron chi connectivity index (χ0n) is 11.5. The molecule has 3 rings (SSSR count). The van der Waals surface area contributed by atoms with Gasteiger partial charge in [0.15, 0.2) is 0 Å². The Hall–Kier alpha value is -0.920. The average Bonchev–Trinajstić information content (AvgIpc) is 3.00. The van der Waals surface area contributed by atoms with Crippen LogP contribution in [0.4, 0.5) is 0 Å². The molecule has 1 amide bonds. The predicted molar refractivity (Wildman–Crippen MR) is 78.4 cm³/mol. The fourth-order valence-electron chi connectivity index (χ4n) is 3.38. The lowest BCUT2D eigenvalue weighted by Crippen LogP contribution is -2.51. The third kappa shape index (κ3) is 2.49. The van der Waals surface area contributed by atoms with Crippen molar-refractivity contribution in [2.75, 3.05) is 12.8 Å². The number of sulfonamides is 1. The highest BCUT2D eigenvalue weighted by Crippen LogP contribution is 2.39. The van der Waals surface area contributed by atoms with Crippen LogP contribution in [-0.2, 0) is 10.0 Å².